The Bertz CT molecular complexity index is 461. The van der Waals surface area contributed by atoms with Crippen molar-refractivity contribution < 1.29 is 19.7 Å². The van der Waals surface area contributed by atoms with Crippen molar-refractivity contribution in [1.82, 2.24) is 0 Å². The summed E-state index contributed by atoms with van der Waals surface area (Å²) in [6.07, 6.45) is 4.04. The van der Waals surface area contributed by atoms with Gasteiger partial charge in [0.15, 0.2) is 0 Å². The van der Waals surface area contributed by atoms with Gasteiger partial charge >= 0.3 is 0 Å². The largest absolute Gasteiger partial charge is 0.393 e. The van der Waals surface area contributed by atoms with Crippen molar-refractivity contribution in [3.05, 3.63) is 41.7 Å². The maximum atomic E-state index is 13.0. The van der Waals surface area contributed by atoms with E-state index in [4.69, 9.17) is 0 Å². The number of halogens is 1. The second kappa shape index (κ2) is 6.97. The quantitative estimate of drug-likeness (QED) is 0.774. The van der Waals surface area contributed by atoms with Crippen LogP contribution in [-0.4, -0.2) is 33.6 Å². The second-order valence-corrected chi connectivity index (χ2v) is 5.51. The lowest BCUT2D eigenvalue weighted by Gasteiger charge is -2.14. The summed E-state index contributed by atoms with van der Waals surface area (Å²) >= 11 is 0. The molecule has 0 heterocycles. The molecule has 110 valence electrons. The molecule has 1 aromatic rings. The van der Waals surface area contributed by atoms with Crippen LogP contribution in [0, 0.1) is 11.7 Å². The average molecular weight is 280 g/mol. The molecular formula is C16H21FO3. The standard InChI is InChI=1S/C16H21FO3/c17-13-3-1-2-11(8-13)4-6-14(18)7-5-12-9-15(19)10-16(12)20/h1-4,6,8,12,14-16,18-20H,5,7,9-10H2/b6-4+/t12-,14?,15-,16-/m1/s1. The molecule has 0 saturated heterocycles. The minimum absolute atomic E-state index is 0.0576. The normalized spacial score (nSPS) is 28.1. The Morgan fingerprint density at radius 1 is 1.30 bits per heavy atom. The Kier molecular flexibility index (Phi) is 5.29. The molecule has 3 nitrogen and oxygen atoms in total. The number of rotatable bonds is 5. The van der Waals surface area contributed by atoms with Gasteiger partial charge in [0, 0.05) is 0 Å². The Labute approximate surface area is 118 Å². The van der Waals surface area contributed by atoms with Crippen molar-refractivity contribution in [3.8, 4) is 0 Å². The summed E-state index contributed by atoms with van der Waals surface area (Å²) in [7, 11) is 0. The fourth-order valence-electron chi connectivity index (χ4n) is 2.70. The van der Waals surface area contributed by atoms with Gasteiger partial charge < -0.3 is 15.3 Å². The third-order valence-electron chi connectivity index (χ3n) is 3.83. The first-order chi connectivity index (χ1) is 9.54. The summed E-state index contributed by atoms with van der Waals surface area (Å²) in [5.74, 6) is -0.244. The molecule has 0 bridgehead atoms. The van der Waals surface area contributed by atoms with E-state index in [1.54, 1.807) is 24.3 Å². The zero-order valence-corrected chi connectivity index (χ0v) is 11.3. The lowest BCUT2D eigenvalue weighted by Crippen LogP contribution is -2.15. The highest BCUT2D eigenvalue weighted by Crippen LogP contribution is 2.30. The van der Waals surface area contributed by atoms with Gasteiger partial charge in [-0.3, -0.25) is 0 Å². The van der Waals surface area contributed by atoms with Gasteiger partial charge in [-0.25, -0.2) is 4.39 Å². The molecule has 0 amide bonds. The van der Waals surface area contributed by atoms with E-state index < -0.39 is 18.3 Å². The van der Waals surface area contributed by atoms with Crippen LogP contribution in [0.1, 0.15) is 31.2 Å². The number of aliphatic hydroxyl groups excluding tert-OH is 3. The van der Waals surface area contributed by atoms with Crippen molar-refractivity contribution in [2.45, 2.75) is 44.0 Å². The van der Waals surface area contributed by atoms with E-state index >= 15 is 0 Å². The van der Waals surface area contributed by atoms with E-state index in [1.807, 2.05) is 0 Å². The highest BCUT2D eigenvalue weighted by Gasteiger charge is 2.31. The van der Waals surface area contributed by atoms with Gasteiger partial charge in [-0.15, -0.1) is 0 Å². The Morgan fingerprint density at radius 3 is 2.75 bits per heavy atom. The topological polar surface area (TPSA) is 60.7 Å². The average Bonchev–Trinajstić information content (AvgIpc) is 2.72. The van der Waals surface area contributed by atoms with E-state index in [-0.39, 0.29) is 11.7 Å². The molecule has 2 rings (SSSR count). The molecular weight excluding hydrogens is 259 g/mol. The molecule has 1 fully saturated rings. The molecule has 1 aromatic carbocycles. The minimum Gasteiger partial charge on any atom is -0.393 e. The third kappa shape index (κ3) is 4.40. The van der Waals surface area contributed by atoms with Crippen LogP contribution in [0.5, 0.6) is 0 Å². The smallest absolute Gasteiger partial charge is 0.123 e. The van der Waals surface area contributed by atoms with Crippen LogP contribution in [0.3, 0.4) is 0 Å². The van der Waals surface area contributed by atoms with Crippen molar-refractivity contribution in [2.75, 3.05) is 0 Å². The summed E-state index contributed by atoms with van der Waals surface area (Å²) in [5, 5.41) is 29.0. The molecule has 20 heavy (non-hydrogen) atoms. The molecule has 4 atom stereocenters. The number of aliphatic hydroxyl groups is 3. The molecule has 1 aliphatic carbocycles. The van der Waals surface area contributed by atoms with Crippen molar-refractivity contribution in [1.29, 1.82) is 0 Å². The van der Waals surface area contributed by atoms with E-state index in [2.05, 4.69) is 0 Å². The number of hydrogen-bond acceptors (Lipinski definition) is 3. The van der Waals surface area contributed by atoms with Gasteiger partial charge in [0.05, 0.1) is 18.3 Å². The van der Waals surface area contributed by atoms with Gasteiger partial charge in [0.1, 0.15) is 5.82 Å². The fourth-order valence-corrected chi connectivity index (χ4v) is 2.70. The SMILES string of the molecule is OC(/C=C/c1cccc(F)c1)CC[C@@H]1C[C@@H](O)C[C@H]1O. The molecule has 4 heteroatoms. The lowest BCUT2D eigenvalue weighted by molar-refractivity contribution is 0.109. The molecule has 1 saturated carbocycles. The Morgan fingerprint density at radius 2 is 2.10 bits per heavy atom. The van der Waals surface area contributed by atoms with Crippen LogP contribution in [0.25, 0.3) is 6.08 Å². The van der Waals surface area contributed by atoms with E-state index in [0.29, 0.717) is 31.2 Å². The first kappa shape index (κ1) is 15.2. The molecule has 0 spiro atoms. The predicted molar refractivity (Wildman–Crippen MR) is 75.4 cm³/mol. The van der Waals surface area contributed by atoms with E-state index in [9.17, 15) is 19.7 Å². The molecule has 0 aliphatic heterocycles. The maximum absolute atomic E-state index is 13.0. The summed E-state index contributed by atoms with van der Waals surface area (Å²) in [5.41, 5.74) is 0.709. The van der Waals surface area contributed by atoms with Crippen molar-refractivity contribution in [3.63, 3.8) is 0 Å². The van der Waals surface area contributed by atoms with Gasteiger partial charge in [-0.2, -0.15) is 0 Å². The molecule has 1 unspecified atom stereocenters. The first-order valence-corrected chi connectivity index (χ1v) is 7.02. The van der Waals surface area contributed by atoms with E-state index in [1.165, 1.54) is 12.1 Å². The highest BCUT2D eigenvalue weighted by molar-refractivity contribution is 5.49. The first-order valence-electron chi connectivity index (χ1n) is 7.02. The molecule has 0 aromatic heterocycles. The maximum Gasteiger partial charge on any atom is 0.123 e. The highest BCUT2D eigenvalue weighted by atomic mass is 19.1. The van der Waals surface area contributed by atoms with Crippen LogP contribution in [0.15, 0.2) is 30.3 Å². The Balaban J connectivity index is 1.79. The van der Waals surface area contributed by atoms with Crippen LogP contribution in [0.2, 0.25) is 0 Å². The third-order valence-corrected chi connectivity index (χ3v) is 3.83. The van der Waals surface area contributed by atoms with Crippen LogP contribution < -0.4 is 0 Å². The lowest BCUT2D eigenvalue weighted by atomic mass is 9.97. The van der Waals surface area contributed by atoms with Crippen LogP contribution in [-0.2, 0) is 0 Å². The van der Waals surface area contributed by atoms with Crippen molar-refractivity contribution in [2.24, 2.45) is 5.92 Å². The summed E-state index contributed by atoms with van der Waals surface area (Å²) in [6, 6.07) is 6.17. The van der Waals surface area contributed by atoms with Gasteiger partial charge in [-0.05, 0) is 49.3 Å². The predicted octanol–water partition coefficient (Wildman–Crippen LogP) is 2.11. The summed E-state index contributed by atoms with van der Waals surface area (Å²) in [6.45, 7) is 0. The van der Waals surface area contributed by atoms with Crippen LogP contribution >= 0.6 is 0 Å². The van der Waals surface area contributed by atoms with Gasteiger partial charge in [0.2, 0.25) is 0 Å². The zero-order valence-electron chi connectivity index (χ0n) is 11.3. The van der Waals surface area contributed by atoms with Gasteiger partial charge in [0.25, 0.3) is 0 Å². The monoisotopic (exact) mass is 280 g/mol. The molecule has 3 N–H and O–H groups in total. The number of benzene rings is 1. The summed E-state index contributed by atoms with van der Waals surface area (Å²) < 4.78 is 13.0. The molecule has 0 radical (unpaired) electrons. The fraction of sp³-hybridized carbons (Fsp3) is 0.500. The summed E-state index contributed by atoms with van der Waals surface area (Å²) in [4.78, 5) is 0. The zero-order chi connectivity index (χ0) is 14.5. The number of hydrogen-bond donors (Lipinski definition) is 3. The molecule has 1 aliphatic rings. The van der Waals surface area contributed by atoms with E-state index in [0.717, 1.165) is 0 Å². The Hall–Kier alpha value is -1.23. The van der Waals surface area contributed by atoms with Crippen molar-refractivity contribution >= 4 is 6.08 Å². The van der Waals surface area contributed by atoms with Crippen LogP contribution in [0.4, 0.5) is 4.39 Å². The second-order valence-electron chi connectivity index (χ2n) is 5.51. The van der Waals surface area contributed by atoms with Gasteiger partial charge in [-0.1, -0.05) is 24.3 Å². The minimum atomic E-state index is -0.622.